The Kier molecular flexibility index (Phi) is 6.33. The summed E-state index contributed by atoms with van der Waals surface area (Å²) < 4.78 is 32.8. The van der Waals surface area contributed by atoms with Crippen molar-refractivity contribution in [2.24, 2.45) is 0 Å². The summed E-state index contributed by atoms with van der Waals surface area (Å²) in [6.07, 6.45) is 0. The Hall–Kier alpha value is -2.84. The molecule has 8 heteroatoms. The number of thiophene rings is 1. The Bertz CT molecular complexity index is 1010. The largest absolute Gasteiger partial charge is 0.494 e. The summed E-state index contributed by atoms with van der Waals surface area (Å²) in [4.78, 5) is 12.3. The highest BCUT2D eigenvalue weighted by Gasteiger charge is 2.15. The molecule has 0 fully saturated rings. The summed E-state index contributed by atoms with van der Waals surface area (Å²) in [6, 6.07) is 14.4. The molecule has 0 spiro atoms. The predicted octanol–water partition coefficient (Wildman–Crippen LogP) is 3.88. The molecule has 0 aliphatic rings. The van der Waals surface area contributed by atoms with Crippen molar-refractivity contribution in [3.05, 3.63) is 76.5 Å². The van der Waals surface area contributed by atoms with Gasteiger partial charge in [0.2, 0.25) is 0 Å². The first-order valence-electron chi connectivity index (χ1n) is 8.63. The molecule has 0 radical (unpaired) electrons. The molecule has 1 amide bonds. The molecule has 28 heavy (non-hydrogen) atoms. The van der Waals surface area contributed by atoms with Gasteiger partial charge in [-0.15, -0.1) is 0 Å². The second kappa shape index (κ2) is 8.90. The van der Waals surface area contributed by atoms with Crippen LogP contribution in [-0.2, 0) is 16.6 Å². The Morgan fingerprint density at radius 3 is 2.36 bits per heavy atom. The molecule has 0 aliphatic carbocycles. The molecule has 0 aliphatic heterocycles. The number of anilines is 1. The molecule has 0 bridgehead atoms. The van der Waals surface area contributed by atoms with Crippen LogP contribution in [0.3, 0.4) is 0 Å². The number of benzene rings is 2. The van der Waals surface area contributed by atoms with Gasteiger partial charge in [0.25, 0.3) is 15.9 Å². The van der Waals surface area contributed by atoms with Crippen molar-refractivity contribution in [2.45, 2.75) is 18.4 Å². The van der Waals surface area contributed by atoms with E-state index in [1.54, 1.807) is 47.7 Å². The molecule has 0 unspecified atom stereocenters. The average molecular weight is 417 g/mol. The van der Waals surface area contributed by atoms with E-state index >= 15 is 0 Å². The molecule has 3 rings (SSSR count). The third kappa shape index (κ3) is 5.11. The van der Waals surface area contributed by atoms with E-state index in [1.165, 1.54) is 12.1 Å². The van der Waals surface area contributed by atoms with E-state index in [9.17, 15) is 13.2 Å². The number of amides is 1. The van der Waals surface area contributed by atoms with Crippen LogP contribution < -0.4 is 14.8 Å². The zero-order chi connectivity index (χ0) is 20.0. The molecule has 1 aromatic heterocycles. The van der Waals surface area contributed by atoms with Crippen molar-refractivity contribution >= 4 is 33.0 Å². The van der Waals surface area contributed by atoms with Gasteiger partial charge in [0.15, 0.2) is 0 Å². The van der Waals surface area contributed by atoms with Gasteiger partial charge in [-0.05, 0) is 77.8 Å². The summed E-state index contributed by atoms with van der Waals surface area (Å²) in [7, 11) is -3.72. The molecule has 0 saturated carbocycles. The number of sulfonamides is 1. The fraction of sp³-hybridized carbons (Fsp3) is 0.150. The van der Waals surface area contributed by atoms with Gasteiger partial charge < -0.3 is 10.1 Å². The smallest absolute Gasteiger partial charge is 0.261 e. The molecule has 0 saturated heterocycles. The van der Waals surface area contributed by atoms with E-state index < -0.39 is 10.0 Å². The van der Waals surface area contributed by atoms with E-state index in [-0.39, 0.29) is 10.8 Å². The van der Waals surface area contributed by atoms with Crippen LogP contribution in [0, 0.1) is 0 Å². The van der Waals surface area contributed by atoms with Gasteiger partial charge in [-0.25, -0.2) is 8.42 Å². The number of nitrogens with one attached hydrogen (secondary N) is 2. The van der Waals surface area contributed by atoms with Gasteiger partial charge in [-0.2, -0.15) is 11.3 Å². The van der Waals surface area contributed by atoms with Crippen LogP contribution in [0.5, 0.6) is 5.75 Å². The van der Waals surface area contributed by atoms with Crippen molar-refractivity contribution in [1.29, 1.82) is 0 Å². The lowest BCUT2D eigenvalue weighted by atomic mass is 10.2. The predicted molar refractivity (Wildman–Crippen MR) is 110 cm³/mol. The lowest BCUT2D eigenvalue weighted by Crippen LogP contribution is -2.22. The standard InChI is InChI=1S/C20H20N2O4S2/c1-2-26-18-7-9-19(10-8-18)28(24,25)22-17-5-3-16(4-6-17)20(23)21-13-15-11-12-27-14-15/h3-12,14,22H,2,13H2,1H3,(H,21,23). The van der Waals surface area contributed by atoms with E-state index in [1.807, 2.05) is 23.8 Å². The van der Waals surface area contributed by atoms with Crippen LogP contribution in [-0.4, -0.2) is 20.9 Å². The Balaban J connectivity index is 1.63. The lowest BCUT2D eigenvalue weighted by molar-refractivity contribution is 0.0951. The minimum absolute atomic E-state index is 0.133. The third-order valence-corrected chi connectivity index (χ3v) is 6.01. The average Bonchev–Trinajstić information content (AvgIpc) is 3.21. The first-order chi connectivity index (χ1) is 13.5. The monoisotopic (exact) mass is 416 g/mol. The maximum atomic E-state index is 12.5. The first kappa shape index (κ1) is 19.9. The van der Waals surface area contributed by atoms with E-state index in [2.05, 4.69) is 10.0 Å². The number of ether oxygens (including phenoxy) is 1. The number of carbonyl (C=O) groups excluding carboxylic acids is 1. The van der Waals surface area contributed by atoms with Crippen molar-refractivity contribution in [2.75, 3.05) is 11.3 Å². The number of carbonyl (C=O) groups is 1. The minimum atomic E-state index is -3.72. The third-order valence-electron chi connectivity index (χ3n) is 3.88. The Morgan fingerprint density at radius 2 is 1.75 bits per heavy atom. The molecule has 1 heterocycles. The SMILES string of the molecule is CCOc1ccc(S(=O)(=O)Nc2ccc(C(=O)NCc3ccsc3)cc2)cc1. The lowest BCUT2D eigenvalue weighted by Gasteiger charge is -2.10. The van der Waals surface area contributed by atoms with Crippen molar-refractivity contribution < 1.29 is 17.9 Å². The summed E-state index contributed by atoms with van der Waals surface area (Å²) in [5, 5.41) is 6.75. The van der Waals surface area contributed by atoms with Gasteiger partial charge in [0.1, 0.15) is 5.75 Å². The van der Waals surface area contributed by atoms with Gasteiger partial charge >= 0.3 is 0 Å². The highest BCUT2D eigenvalue weighted by Crippen LogP contribution is 2.20. The van der Waals surface area contributed by atoms with Crippen LogP contribution >= 0.6 is 11.3 Å². The molecular weight excluding hydrogens is 396 g/mol. The van der Waals surface area contributed by atoms with E-state index in [0.717, 1.165) is 5.56 Å². The van der Waals surface area contributed by atoms with Crippen LogP contribution in [0.4, 0.5) is 5.69 Å². The van der Waals surface area contributed by atoms with Crippen LogP contribution in [0.25, 0.3) is 0 Å². The van der Waals surface area contributed by atoms with E-state index in [0.29, 0.717) is 30.2 Å². The number of hydrogen-bond acceptors (Lipinski definition) is 5. The van der Waals surface area contributed by atoms with Crippen LogP contribution in [0.15, 0.2) is 70.3 Å². The maximum Gasteiger partial charge on any atom is 0.261 e. The van der Waals surface area contributed by atoms with Crippen molar-refractivity contribution in [3.8, 4) is 5.75 Å². The summed E-state index contributed by atoms with van der Waals surface area (Å²) in [5.74, 6) is 0.395. The molecule has 146 valence electrons. The number of rotatable bonds is 8. The summed E-state index contributed by atoms with van der Waals surface area (Å²) in [5.41, 5.74) is 1.88. The fourth-order valence-corrected chi connectivity index (χ4v) is 4.19. The zero-order valence-electron chi connectivity index (χ0n) is 15.2. The van der Waals surface area contributed by atoms with Gasteiger partial charge in [-0.3, -0.25) is 9.52 Å². The Labute approximate surface area is 168 Å². The topological polar surface area (TPSA) is 84.5 Å². The Morgan fingerprint density at radius 1 is 1.04 bits per heavy atom. The second-order valence-electron chi connectivity index (χ2n) is 5.90. The zero-order valence-corrected chi connectivity index (χ0v) is 16.8. The molecular formula is C20H20N2O4S2. The van der Waals surface area contributed by atoms with Crippen molar-refractivity contribution in [3.63, 3.8) is 0 Å². The van der Waals surface area contributed by atoms with Crippen molar-refractivity contribution in [1.82, 2.24) is 5.32 Å². The molecule has 3 aromatic rings. The highest BCUT2D eigenvalue weighted by atomic mass is 32.2. The molecule has 2 N–H and O–H groups in total. The van der Waals surface area contributed by atoms with E-state index in [4.69, 9.17) is 4.74 Å². The number of hydrogen-bond donors (Lipinski definition) is 2. The second-order valence-corrected chi connectivity index (χ2v) is 8.36. The maximum absolute atomic E-state index is 12.5. The highest BCUT2D eigenvalue weighted by molar-refractivity contribution is 7.92. The van der Waals surface area contributed by atoms with Crippen LogP contribution in [0.1, 0.15) is 22.8 Å². The van der Waals surface area contributed by atoms with Crippen LogP contribution in [0.2, 0.25) is 0 Å². The quantitative estimate of drug-likeness (QED) is 0.584. The minimum Gasteiger partial charge on any atom is -0.494 e. The molecule has 0 atom stereocenters. The van der Waals surface area contributed by atoms with Gasteiger partial charge in [0.05, 0.1) is 11.5 Å². The normalized spacial score (nSPS) is 11.0. The molecule has 6 nitrogen and oxygen atoms in total. The van der Waals surface area contributed by atoms with Gasteiger partial charge in [-0.1, -0.05) is 0 Å². The summed E-state index contributed by atoms with van der Waals surface area (Å²) >= 11 is 1.57. The fourth-order valence-electron chi connectivity index (χ4n) is 2.46. The first-order valence-corrected chi connectivity index (χ1v) is 11.1. The van der Waals surface area contributed by atoms with Gasteiger partial charge in [0, 0.05) is 17.8 Å². The molecule has 2 aromatic carbocycles. The summed E-state index contributed by atoms with van der Waals surface area (Å²) in [6.45, 7) is 2.82.